The molecule has 1 amide bonds. The first-order valence-electron chi connectivity index (χ1n) is 8.81. The molecule has 2 aromatic rings. The van der Waals surface area contributed by atoms with Gasteiger partial charge in [-0.25, -0.2) is 0 Å². The molecule has 0 aliphatic carbocycles. The van der Waals surface area contributed by atoms with Crippen LogP contribution in [0.5, 0.6) is 0 Å². The van der Waals surface area contributed by atoms with Crippen molar-refractivity contribution >= 4 is 11.7 Å². The number of carbonyl (C=O) groups excluding carboxylic acids is 1. The Morgan fingerprint density at radius 2 is 1.80 bits per heavy atom. The molecule has 25 heavy (non-hydrogen) atoms. The zero-order valence-corrected chi connectivity index (χ0v) is 15.3. The Bertz CT molecular complexity index is 711. The van der Waals surface area contributed by atoms with Gasteiger partial charge < -0.3 is 15.1 Å². The predicted molar refractivity (Wildman–Crippen MR) is 99.5 cm³/mol. The van der Waals surface area contributed by atoms with Crippen LogP contribution in [-0.2, 0) is 17.9 Å². The van der Waals surface area contributed by atoms with E-state index in [-0.39, 0.29) is 5.91 Å². The lowest BCUT2D eigenvalue weighted by molar-refractivity contribution is -0.133. The minimum atomic E-state index is 0.137. The average molecular weight is 341 g/mol. The van der Waals surface area contributed by atoms with Gasteiger partial charge in [0.05, 0.1) is 0 Å². The molecule has 0 unspecified atom stereocenters. The highest BCUT2D eigenvalue weighted by Crippen LogP contribution is 2.15. The van der Waals surface area contributed by atoms with Gasteiger partial charge in [-0.2, -0.15) is 5.10 Å². The SMILES string of the molecule is Cc1cccc(C)c1CNc1ccn(CC(=O)N2CCN(C)CC2)n1. The number of aromatic nitrogens is 2. The zero-order valence-electron chi connectivity index (χ0n) is 15.3. The molecule has 1 aromatic heterocycles. The molecule has 6 heteroatoms. The van der Waals surface area contributed by atoms with E-state index in [2.05, 4.69) is 54.4 Å². The van der Waals surface area contributed by atoms with Crippen molar-refractivity contribution in [2.24, 2.45) is 0 Å². The number of hydrogen-bond donors (Lipinski definition) is 1. The standard InChI is InChI=1S/C19H27N5O/c1-15-5-4-6-16(2)17(15)13-20-18-7-8-24(21-18)14-19(25)23-11-9-22(3)10-12-23/h4-8H,9-14H2,1-3H3,(H,20,21). The van der Waals surface area contributed by atoms with Gasteiger partial charge in [-0.05, 0) is 37.6 Å². The molecular weight excluding hydrogens is 314 g/mol. The van der Waals surface area contributed by atoms with Crippen molar-refractivity contribution in [3.63, 3.8) is 0 Å². The van der Waals surface area contributed by atoms with Gasteiger partial charge in [0, 0.05) is 45.0 Å². The number of nitrogens with zero attached hydrogens (tertiary/aromatic N) is 4. The third-order valence-electron chi connectivity index (χ3n) is 4.88. The van der Waals surface area contributed by atoms with E-state index in [0.717, 1.165) is 38.5 Å². The number of aryl methyl sites for hydroxylation is 2. The van der Waals surface area contributed by atoms with Crippen molar-refractivity contribution < 1.29 is 4.79 Å². The molecule has 0 radical (unpaired) electrons. The second kappa shape index (κ2) is 7.70. The van der Waals surface area contributed by atoms with Crippen molar-refractivity contribution in [1.82, 2.24) is 19.6 Å². The summed E-state index contributed by atoms with van der Waals surface area (Å²) in [7, 11) is 2.09. The Morgan fingerprint density at radius 1 is 1.12 bits per heavy atom. The van der Waals surface area contributed by atoms with Crippen LogP contribution in [0.25, 0.3) is 0 Å². The molecule has 1 N–H and O–H groups in total. The zero-order chi connectivity index (χ0) is 17.8. The number of piperazine rings is 1. The molecule has 0 saturated carbocycles. The Balaban J connectivity index is 1.55. The monoisotopic (exact) mass is 341 g/mol. The van der Waals surface area contributed by atoms with Crippen molar-refractivity contribution in [3.8, 4) is 0 Å². The summed E-state index contributed by atoms with van der Waals surface area (Å²) in [6.07, 6.45) is 1.86. The second-order valence-corrected chi connectivity index (χ2v) is 6.81. The normalized spacial score (nSPS) is 15.4. The van der Waals surface area contributed by atoms with E-state index in [1.54, 1.807) is 4.68 Å². The first-order chi connectivity index (χ1) is 12.0. The molecule has 134 valence electrons. The highest BCUT2D eigenvalue weighted by molar-refractivity contribution is 5.76. The van der Waals surface area contributed by atoms with Crippen LogP contribution >= 0.6 is 0 Å². The molecule has 1 aliphatic rings. The summed E-state index contributed by atoms with van der Waals surface area (Å²) in [5.74, 6) is 0.936. The fourth-order valence-electron chi connectivity index (χ4n) is 3.15. The lowest BCUT2D eigenvalue weighted by atomic mass is 10.0. The van der Waals surface area contributed by atoms with Gasteiger partial charge in [0.25, 0.3) is 0 Å². The molecule has 6 nitrogen and oxygen atoms in total. The second-order valence-electron chi connectivity index (χ2n) is 6.81. The van der Waals surface area contributed by atoms with Crippen molar-refractivity contribution in [2.45, 2.75) is 26.9 Å². The lowest BCUT2D eigenvalue weighted by Gasteiger charge is -2.32. The summed E-state index contributed by atoms with van der Waals surface area (Å²) in [5.41, 5.74) is 3.85. The fraction of sp³-hybridized carbons (Fsp3) is 0.474. The number of likely N-dealkylation sites (N-methyl/N-ethyl adjacent to an activating group) is 1. The van der Waals surface area contributed by atoms with Crippen molar-refractivity contribution in [2.75, 3.05) is 38.5 Å². The Morgan fingerprint density at radius 3 is 2.48 bits per heavy atom. The van der Waals surface area contributed by atoms with Gasteiger partial charge in [0.1, 0.15) is 12.4 Å². The van der Waals surface area contributed by atoms with Crippen LogP contribution in [0.2, 0.25) is 0 Å². The average Bonchev–Trinajstić information content (AvgIpc) is 3.02. The summed E-state index contributed by atoms with van der Waals surface area (Å²) < 4.78 is 1.72. The van der Waals surface area contributed by atoms with Crippen LogP contribution in [0.1, 0.15) is 16.7 Å². The van der Waals surface area contributed by atoms with Gasteiger partial charge in [-0.15, -0.1) is 0 Å². The van der Waals surface area contributed by atoms with Crippen LogP contribution in [0.3, 0.4) is 0 Å². The number of carbonyl (C=O) groups is 1. The summed E-state index contributed by atoms with van der Waals surface area (Å²) in [6.45, 7) is 8.76. The highest BCUT2D eigenvalue weighted by atomic mass is 16.2. The first kappa shape index (κ1) is 17.5. The molecule has 2 heterocycles. The highest BCUT2D eigenvalue weighted by Gasteiger charge is 2.19. The molecule has 0 spiro atoms. The largest absolute Gasteiger partial charge is 0.365 e. The summed E-state index contributed by atoms with van der Waals surface area (Å²) >= 11 is 0. The number of rotatable bonds is 5. The minimum absolute atomic E-state index is 0.137. The summed E-state index contributed by atoms with van der Waals surface area (Å²) in [4.78, 5) is 16.5. The lowest BCUT2D eigenvalue weighted by Crippen LogP contribution is -2.48. The maximum atomic E-state index is 12.4. The molecule has 1 fully saturated rings. The fourth-order valence-corrected chi connectivity index (χ4v) is 3.15. The summed E-state index contributed by atoms with van der Waals surface area (Å²) in [6, 6.07) is 8.24. The number of benzene rings is 1. The van der Waals surface area contributed by atoms with Crippen LogP contribution < -0.4 is 5.32 Å². The van der Waals surface area contributed by atoms with E-state index in [1.165, 1.54) is 16.7 Å². The Labute approximate surface area is 149 Å². The Hall–Kier alpha value is -2.34. The topological polar surface area (TPSA) is 53.4 Å². The molecule has 3 rings (SSSR count). The summed E-state index contributed by atoms with van der Waals surface area (Å²) in [5, 5.41) is 7.84. The van der Waals surface area contributed by atoms with Gasteiger partial charge in [0.15, 0.2) is 0 Å². The van der Waals surface area contributed by atoms with E-state index >= 15 is 0 Å². The molecule has 1 saturated heterocycles. The molecule has 0 bridgehead atoms. The predicted octanol–water partition coefficient (Wildman–Crippen LogP) is 1.89. The smallest absolute Gasteiger partial charge is 0.244 e. The van der Waals surface area contributed by atoms with Gasteiger partial charge in [-0.1, -0.05) is 18.2 Å². The number of hydrogen-bond acceptors (Lipinski definition) is 4. The number of anilines is 1. The minimum Gasteiger partial charge on any atom is -0.365 e. The van der Waals surface area contributed by atoms with Crippen LogP contribution in [0, 0.1) is 13.8 Å². The molecule has 0 atom stereocenters. The van der Waals surface area contributed by atoms with E-state index < -0.39 is 0 Å². The molecular formula is C19H27N5O. The third-order valence-corrected chi connectivity index (χ3v) is 4.88. The quantitative estimate of drug-likeness (QED) is 0.902. The molecule has 1 aromatic carbocycles. The third kappa shape index (κ3) is 4.39. The van der Waals surface area contributed by atoms with Crippen LogP contribution in [0.4, 0.5) is 5.82 Å². The van der Waals surface area contributed by atoms with E-state index in [9.17, 15) is 4.79 Å². The van der Waals surface area contributed by atoms with Crippen LogP contribution in [-0.4, -0.2) is 58.7 Å². The van der Waals surface area contributed by atoms with Gasteiger partial charge >= 0.3 is 0 Å². The van der Waals surface area contributed by atoms with Gasteiger partial charge in [0.2, 0.25) is 5.91 Å². The van der Waals surface area contributed by atoms with E-state index in [1.807, 2.05) is 17.2 Å². The van der Waals surface area contributed by atoms with Crippen molar-refractivity contribution in [3.05, 3.63) is 47.2 Å². The maximum absolute atomic E-state index is 12.4. The Kier molecular flexibility index (Phi) is 5.38. The molecule has 1 aliphatic heterocycles. The maximum Gasteiger partial charge on any atom is 0.244 e. The number of nitrogens with one attached hydrogen (secondary N) is 1. The van der Waals surface area contributed by atoms with E-state index in [4.69, 9.17) is 0 Å². The van der Waals surface area contributed by atoms with Crippen molar-refractivity contribution in [1.29, 1.82) is 0 Å². The van der Waals surface area contributed by atoms with Crippen LogP contribution in [0.15, 0.2) is 30.5 Å². The first-order valence-corrected chi connectivity index (χ1v) is 8.81. The van der Waals surface area contributed by atoms with E-state index in [0.29, 0.717) is 6.54 Å². The number of amides is 1. The van der Waals surface area contributed by atoms with Gasteiger partial charge in [-0.3, -0.25) is 9.48 Å².